The second kappa shape index (κ2) is 7.92. The average molecular weight is 335 g/mol. The van der Waals surface area contributed by atoms with Crippen LogP contribution in [0.25, 0.3) is 6.08 Å². The summed E-state index contributed by atoms with van der Waals surface area (Å²) < 4.78 is 0. The number of carbonyl (C=O) groups is 3. The molecule has 7 heteroatoms. The van der Waals surface area contributed by atoms with Crippen LogP contribution in [0.1, 0.15) is 18.7 Å². The van der Waals surface area contributed by atoms with E-state index in [1.54, 1.807) is 28.4 Å². The van der Waals surface area contributed by atoms with Crippen molar-refractivity contribution in [3.05, 3.63) is 28.5 Å². The molecule has 0 aliphatic carbocycles. The Hall–Kier alpha value is -2.15. The quantitative estimate of drug-likeness (QED) is 0.661. The number of nitrogens with one attached hydrogen (secondary N) is 1. The van der Waals surface area contributed by atoms with Gasteiger partial charge >= 0.3 is 11.8 Å². The van der Waals surface area contributed by atoms with Crippen molar-refractivity contribution in [3.8, 4) is 0 Å². The highest BCUT2D eigenvalue weighted by Gasteiger charge is 2.27. The van der Waals surface area contributed by atoms with E-state index in [0.717, 1.165) is 4.88 Å². The third-order valence-corrected chi connectivity index (χ3v) is 4.26. The van der Waals surface area contributed by atoms with E-state index in [-0.39, 0.29) is 11.9 Å². The van der Waals surface area contributed by atoms with E-state index in [1.807, 2.05) is 31.4 Å². The lowest BCUT2D eigenvalue weighted by Crippen LogP contribution is -2.54. The van der Waals surface area contributed by atoms with Gasteiger partial charge in [0.25, 0.3) is 0 Å². The molecular weight excluding hydrogens is 314 g/mol. The second-order valence-corrected chi connectivity index (χ2v) is 6.57. The predicted octanol–water partition coefficient (Wildman–Crippen LogP) is 0.957. The molecule has 6 nitrogen and oxygen atoms in total. The Morgan fingerprint density at radius 2 is 1.83 bits per heavy atom. The summed E-state index contributed by atoms with van der Waals surface area (Å²) in [5.74, 6) is -1.19. The summed E-state index contributed by atoms with van der Waals surface area (Å²) in [6.07, 6.45) is 3.34. The number of hydrogen-bond donors (Lipinski definition) is 1. The van der Waals surface area contributed by atoms with Gasteiger partial charge in [0.2, 0.25) is 5.91 Å². The fourth-order valence-corrected chi connectivity index (χ4v) is 2.86. The summed E-state index contributed by atoms with van der Waals surface area (Å²) in [5.41, 5.74) is 0. The Kier molecular flexibility index (Phi) is 5.92. The van der Waals surface area contributed by atoms with Gasteiger partial charge in [0, 0.05) is 43.2 Å². The van der Waals surface area contributed by atoms with Gasteiger partial charge in [0.15, 0.2) is 0 Å². The summed E-state index contributed by atoms with van der Waals surface area (Å²) in [6, 6.07) is 3.80. The number of amides is 3. The van der Waals surface area contributed by atoms with Crippen LogP contribution in [0.3, 0.4) is 0 Å². The van der Waals surface area contributed by atoms with Crippen LogP contribution < -0.4 is 5.32 Å². The highest BCUT2D eigenvalue weighted by atomic mass is 32.1. The van der Waals surface area contributed by atoms with E-state index in [1.165, 1.54) is 4.90 Å². The Balaban J connectivity index is 1.82. The molecule has 0 spiro atoms. The van der Waals surface area contributed by atoms with Gasteiger partial charge < -0.3 is 15.1 Å². The molecule has 1 fully saturated rings. The van der Waals surface area contributed by atoms with Crippen LogP contribution in [0.15, 0.2) is 23.6 Å². The summed E-state index contributed by atoms with van der Waals surface area (Å²) in [7, 11) is 0. The second-order valence-electron chi connectivity index (χ2n) is 5.59. The van der Waals surface area contributed by atoms with Gasteiger partial charge in [0.05, 0.1) is 0 Å². The molecule has 1 aliphatic heterocycles. The van der Waals surface area contributed by atoms with Crippen molar-refractivity contribution in [1.29, 1.82) is 0 Å². The normalized spacial score (nSPS) is 15.3. The van der Waals surface area contributed by atoms with E-state index < -0.39 is 11.8 Å². The molecule has 0 aromatic carbocycles. The number of hydrogen-bond acceptors (Lipinski definition) is 4. The lowest BCUT2D eigenvalue weighted by atomic mass is 10.2. The van der Waals surface area contributed by atoms with E-state index in [9.17, 15) is 14.4 Å². The maximum absolute atomic E-state index is 12.1. The molecule has 2 rings (SSSR count). The molecule has 3 amide bonds. The molecule has 1 N–H and O–H groups in total. The van der Waals surface area contributed by atoms with Gasteiger partial charge in [-0.05, 0) is 31.4 Å². The Bertz CT molecular complexity index is 588. The zero-order valence-electron chi connectivity index (χ0n) is 13.3. The van der Waals surface area contributed by atoms with Crippen molar-refractivity contribution in [3.63, 3.8) is 0 Å². The zero-order chi connectivity index (χ0) is 16.8. The molecule has 1 aromatic rings. The van der Waals surface area contributed by atoms with Crippen LogP contribution in [0, 0.1) is 0 Å². The minimum Gasteiger partial charge on any atom is -0.346 e. The molecule has 0 radical (unpaired) electrons. The fourth-order valence-electron chi connectivity index (χ4n) is 2.24. The molecule has 0 atom stereocenters. The predicted molar refractivity (Wildman–Crippen MR) is 89.8 cm³/mol. The fraction of sp³-hybridized carbons (Fsp3) is 0.438. The largest absolute Gasteiger partial charge is 0.346 e. The summed E-state index contributed by atoms with van der Waals surface area (Å²) in [5, 5.41) is 4.54. The maximum atomic E-state index is 12.1. The summed E-state index contributed by atoms with van der Waals surface area (Å²) in [6.45, 7) is 5.25. The van der Waals surface area contributed by atoms with Crippen LogP contribution in [0.5, 0.6) is 0 Å². The molecule has 124 valence electrons. The van der Waals surface area contributed by atoms with Crippen molar-refractivity contribution in [2.75, 3.05) is 26.2 Å². The number of rotatable bonds is 3. The van der Waals surface area contributed by atoms with Gasteiger partial charge in [0.1, 0.15) is 0 Å². The minimum atomic E-state index is -0.586. The highest BCUT2D eigenvalue weighted by Crippen LogP contribution is 2.11. The third kappa shape index (κ3) is 4.92. The topological polar surface area (TPSA) is 69.7 Å². The van der Waals surface area contributed by atoms with Crippen LogP contribution in [0.4, 0.5) is 0 Å². The van der Waals surface area contributed by atoms with E-state index in [0.29, 0.717) is 26.2 Å². The third-order valence-electron chi connectivity index (χ3n) is 3.43. The van der Waals surface area contributed by atoms with Crippen molar-refractivity contribution in [2.24, 2.45) is 0 Å². The zero-order valence-corrected chi connectivity index (χ0v) is 14.1. The first-order valence-corrected chi connectivity index (χ1v) is 8.45. The number of thiophene rings is 1. The van der Waals surface area contributed by atoms with Crippen molar-refractivity contribution in [2.45, 2.75) is 19.9 Å². The van der Waals surface area contributed by atoms with Gasteiger partial charge in [-0.2, -0.15) is 0 Å². The van der Waals surface area contributed by atoms with Crippen molar-refractivity contribution >= 4 is 35.1 Å². The Morgan fingerprint density at radius 1 is 1.17 bits per heavy atom. The first-order chi connectivity index (χ1) is 11.0. The molecule has 0 unspecified atom stereocenters. The molecule has 0 bridgehead atoms. The van der Waals surface area contributed by atoms with E-state index >= 15 is 0 Å². The number of piperazine rings is 1. The van der Waals surface area contributed by atoms with Crippen molar-refractivity contribution < 1.29 is 14.4 Å². The lowest BCUT2D eigenvalue weighted by Gasteiger charge is -2.33. The van der Waals surface area contributed by atoms with Crippen LogP contribution in [-0.4, -0.2) is 59.7 Å². The SMILES string of the molecule is CC(C)NC(=O)C(=O)N1CCN(C(=O)/C=C/c2cccs2)CC1. The first kappa shape index (κ1) is 17.2. The molecule has 1 saturated heterocycles. The van der Waals surface area contributed by atoms with E-state index in [2.05, 4.69) is 5.32 Å². The highest BCUT2D eigenvalue weighted by molar-refractivity contribution is 7.10. The van der Waals surface area contributed by atoms with Crippen LogP contribution in [0.2, 0.25) is 0 Å². The van der Waals surface area contributed by atoms with Gasteiger partial charge in [-0.1, -0.05) is 6.07 Å². The molecule has 1 aliphatic rings. The van der Waals surface area contributed by atoms with Gasteiger partial charge in [-0.25, -0.2) is 0 Å². The minimum absolute atomic E-state index is 0.0721. The van der Waals surface area contributed by atoms with Gasteiger partial charge in [-0.3, -0.25) is 14.4 Å². The summed E-state index contributed by atoms with van der Waals surface area (Å²) >= 11 is 1.57. The first-order valence-electron chi connectivity index (χ1n) is 7.57. The van der Waals surface area contributed by atoms with Gasteiger partial charge in [-0.15, -0.1) is 11.3 Å². The number of carbonyl (C=O) groups excluding carboxylic acids is 3. The van der Waals surface area contributed by atoms with Crippen LogP contribution in [-0.2, 0) is 14.4 Å². The molecule has 2 heterocycles. The summed E-state index contributed by atoms with van der Waals surface area (Å²) in [4.78, 5) is 40.0. The molecule has 0 saturated carbocycles. The molecule has 1 aromatic heterocycles. The average Bonchev–Trinajstić information content (AvgIpc) is 3.04. The maximum Gasteiger partial charge on any atom is 0.312 e. The molecule has 23 heavy (non-hydrogen) atoms. The molecular formula is C16H21N3O3S. The Morgan fingerprint density at radius 3 is 2.39 bits per heavy atom. The smallest absolute Gasteiger partial charge is 0.312 e. The Labute approximate surface area is 139 Å². The number of nitrogens with zero attached hydrogens (tertiary/aromatic N) is 2. The van der Waals surface area contributed by atoms with Crippen LogP contribution >= 0.6 is 11.3 Å². The van der Waals surface area contributed by atoms with E-state index in [4.69, 9.17) is 0 Å². The van der Waals surface area contributed by atoms with Crippen molar-refractivity contribution in [1.82, 2.24) is 15.1 Å². The lowest BCUT2D eigenvalue weighted by molar-refractivity contribution is -0.148. The monoisotopic (exact) mass is 335 g/mol. The standard InChI is InChI=1S/C16H21N3O3S/c1-12(2)17-15(21)16(22)19-9-7-18(8-10-19)14(20)6-5-13-4-3-11-23-13/h3-6,11-12H,7-10H2,1-2H3,(H,17,21)/b6-5+.